The van der Waals surface area contributed by atoms with Crippen molar-refractivity contribution in [3.05, 3.63) is 12.7 Å². The van der Waals surface area contributed by atoms with Gasteiger partial charge < -0.3 is 4.74 Å². The number of rotatable bonds is 14. The molecule has 0 spiro atoms. The van der Waals surface area contributed by atoms with Gasteiger partial charge >= 0.3 is 5.97 Å². The summed E-state index contributed by atoms with van der Waals surface area (Å²) in [5.74, 6) is -0.352. The van der Waals surface area contributed by atoms with Gasteiger partial charge in [0.15, 0.2) is 0 Å². The molecule has 0 aromatic heterocycles. The van der Waals surface area contributed by atoms with Gasteiger partial charge in [0, 0.05) is 6.08 Å². The molecule has 21 heavy (non-hydrogen) atoms. The predicted octanol–water partition coefficient (Wildman–Crippen LogP) is 4.96. The van der Waals surface area contributed by atoms with Crippen LogP contribution in [-0.2, 0) is 9.53 Å². The van der Waals surface area contributed by atoms with Crippen LogP contribution in [0.15, 0.2) is 12.7 Å². The van der Waals surface area contributed by atoms with Gasteiger partial charge in [0.2, 0.25) is 6.05 Å². The summed E-state index contributed by atoms with van der Waals surface area (Å²) in [7, 11) is -0.179. The summed E-state index contributed by atoms with van der Waals surface area (Å²) < 4.78 is 28.9. The number of unbranched alkanes of at least 4 members (excludes halogenated alkanes) is 7. The fourth-order valence-electron chi connectivity index (χ4n) is 2.13. The summed E-state index contributed by atoms with van der Waals surface area (Å²) in [5.41, 5.74) is 0. The van der Waals surface area contributed by atoms with Gasteiger partial charge in [0.25, 0.3) is 0 Å². The topological polar surface area (TPSA) is 26.3 Å². The molecule has 1 atom stereocenters. The number of carbonyl (C=O) groups excluding carboxylic acids is 1. The minimum Gasteiger partial charge on any atom is -0.460 e. The lowest BCUT2D eigenvalue weighted by Gasteiger charge is -2.11. The summed E-state index contributed by atoms with van der Waals surface area (Å²) in [5, 5.41) is 0. The first-order chi connectivity index (χ1) is 10.1. The summed E-state index contributed by atoms with van der Waals surface area (Å²) in [6.07, 6.45) is 11.0. The number of hydrogen-bond acceptors (Lipinski definition) is 2. The molecule has 1 unspecified atom stereocenters. The van der Waals surface area contributed by atoms with Crippen molar-refractivity contribution in [2.45, 2.75) is 82.9 Å². The zero-order chi connectivity index (χ0) is 15.9. The van der Waals surface area contributed by atoms with Crippen LogP contribution in [0, 0.1) is 0 Å². The fourth-order valence-corrected chi connectivity index (χ4v) is 2.81. The summed E-state index contributed by atoms with van der Waals surface area (Å²) in [6, 6.07) is -1.43. The van der Waals surface area contributed by atoms with Crippen molar-refractivity contribution in [1.82, 2.24) is 0 Å². The molecule has 5 heteroatoms. The molecule has 0 aliphatic carbocycles. The van der Waals surface area contributed by atoms with E-state index in [0.717, 1.165) is 38.5 Å². The molecule has 2 nitrogen and oxygen atoms in total. The Morgan fingerprint density at radius 1 is 1.10 bits per heavy atom. The number of hydrogen-bond donors (Lipinski definition) is 0. The number of ether oxygens (including phenoxy) is 1. The average Bonchev–Trinajstić information content (AvgIpc) is 2.44. The third-order valence-electron chi connectivity index (χ3n) is 3.32. The fraction of sp³-hybridized carbons (Fsp3) is 0.812. The molecule has 0 aromatic rings. The number of halogens is 2. The summed E-state index contributed by atoms with van der Waals surface area (Å²) in [6.45, 7) is 5.27. The lowest BCUT2D eigenvalue weighted by atomic mass is 10.1. The Morgan fingerprint density at radius 2 is 1.62 bits per heavy atom. The lowest BCUT2D eigenvalue weighted by molar-refractivity contribution is -0.142. The smallest absolute Gasteiger partial charge is 0.330 e. The first kappa shape index (κ1) is 20.3. The van der Waals surface area contributed by atoms with E-state index in [4.69, 9.17) is 4.74 Å². The molecule has 0 saturated heterocycles. The van der Waals surface area contributed by atoms with Gasteiger partial charge in [0.05, 0.1) is 6.10 Å². The number of carbonyl (C=O) groups is 1. The third kappa shape index (κ3) is 15.5. The second-order valence-corrected chi connectivity index (χ2v) is 6.67. The van der Waals surface area contributed by atoms with Crippen molar-refractivity contribution < 1.29 is 18.3 Å². The van der Waals surface area contributed by atoms with Crippen LogP contribution in [0.3, 0.4) is 0 Å². The summed E-state index contributed by atoms with van der Waals surface area (Å²) in [4.78, 5) is 11.0. The Balaban J connectivity index is 3.18. The van der Waals surface area contributed by atoms with E-state index in [9.17, 15) is 13.6 Å². The summed E-state index contributed by atoms with van der Waals surface area (Å²) >= 11 is 0. The van der Waals surface area contributed by atoms with Gasteiger partial charge in [-0.25, -0.2) is 13.6 Å². The largest absolute Gasteiger partial charge is 0.460 e. The van der Waals surface area contributed by atoms with Crippen LogP contribution in [0.1, 0.15) is 64.7 Å². The quantitative estimate of drug-likeness (QED) is 0.196. The van der Waals surface area contributed by atoms with Crippen LogP contribution in [0.5, 0.6) is 0 Å². The first-order valence-electron chi connectivity index (χ1n) is 7.91. The molecule has 0 aliphatic rings. The highest BCUT2D eigenvalue weighted by molar-refractivity contribution is 6.36. The maximum Gasteiger partial charge on any atom is 0.330 e. The number of esters is 1. The molecular weight excluding hydrogens is 290 g/mol. The van der Waals surface area contributed by atoms with Crippen molar-refractivity contribution in [2.75, 3.05) is 0 Å². The van der Waals surface area contributed by atoms with E-state index in [1.165, 1.54) is 25.3 Å². The zero-order valence-corrected chi connectivity index (χ0v) is 14.1. The van der Waals surface area contributed by atoms with Gasteiger partial charge in [-0.05, 0) is 19.8 Å². The normalized spacial score (nSPS) is 12.4. The Bertz CT molecular complexity index is 273. The number of alkyl halides is 2. The highest BCUT2D eigenvalue weighted by atomic mass is 28.2. The van der Waals surface area contributed by atoms with E-state index in [2.05, 4.69) is 6.58 Å². The SMILES string of the molecule is C=CC(=O)OC(C)CCCCCCCCCC[Si]C(F)F. The molecule has 0 rings (SSSR count). The average molecular weight is 318 g/mol. The minimum absolute atomic E-state index is 0.0360. The van der Waals surface area contributed by atoms with Crippen LogP contribution in [0.4, 0.5) is 8.78 Å². The van der Waals surface area contributed by atoms with Crippen LogP contribution < -0.4 is 0 Å². The molecule has 0 N–H and O–H groups in total. The van der Waals surface area contributed by atoms with E-state index < -0.39 is 6.05 Å². The van der Waals surface area contributed by atoms with E-state index in [1.54, 1.807) is 0 Å². The molecule has 2 radical (unpaired) electrons. The van der Waals surface area contributed by atoms with E-state index in [0.29, 0.717) is 6.04 Å². The van der Waals surface area contributed by atoms with E-state index >= 15 is 0 Å². The van der Waals surface area contributed by atoms with Crippen molar-refractivity contribution >= 4 is 15.5 Å². The van der Waals surface area contributed by atoms with Gasteiger partial charge in [0.1, 0.15) is 9.52 Å². The highest BCUT2D eigenvalue weighted by Crippen LogP contribution is 2.12. The monoisotopic (exact) mass is 318 g/mol. The van der Waals surface area contributed by atoms with Gasteiger partial charge in [-0.1, -0.05) is 57.6 Å². The molecule has 122 valence electrons. The predicted molar refractivity (Wildman–Crippen MR) is 83.9 cm³/mol. The molecule has 0 bridgehead atoms. The third-order valence-corrected chi connectivity index (χ3v) is 4.27. The molecule has 0 aromatic carbocycles. The Labute approximate surface area is 130 Å². The Hall–Kier alpha value is -0.713. The van der Waals surface area contributed by atoms with Crippen LogP contribution in [0.25, 0.3) is 0 Å². The first-order valence-corrected chi connectivity index (χ1v) is 9.19. The second-order valence-electron chi connectivity index (χ2n) is 5.32. The Kier molecular flexibility index (Phi) is 13.8. The molecule has 0 heterocycles. The van der Waals surface area contributed by atoms with Crippen molar-refractivity contribution in [1.29, 1.82) is 0 Å². The molecule has 0 amide bonds. The van der Waals surface area contributed by atoms with Crippen molar-refractivity contribution in [3.63, 3.8) is 0 Å². The van der Waals surface area contributed by atoms with E-state index in [1.807, 2.05) is 6.92 Å². The van der Waals surface area contributed by atoms with Crippen LogP contribution in [0.2, 0.25) is 6.04 Å². The standard InChI is InChI=1S/C16H28F2O2Si/c1-3-15(19)20-14(2)12-10-8-6-4-5-7-9-11-13-21-16(17)18/h3,14,16H,1,4-13H2,2H3. The maximum absolute atomic E-state index is 11.9. The minimum atomic E-state index is -2.11. The molecular formula is C16H28F2O2Si. The van der Waals surface area contributed by atoms with Gasteiger partial charge in [-0.15, -0.1) is 0 Å². The zero-order valence-electron chi connectivity index (χ0n) is 13.1. The van der Waals surface area contributed by atoms with E-state index in [-0.39, 0.29) is 21.6 Å². The molecule has 0 aliphatic heterocycles. The van der Waals surface area contributed by atoms with Gasteiger partial charge in [-0.2, -0.15) is 0 Å². The van der Waals surface area contributed by atoms with Crippen LogP contribution >= 0.6 is 0 Å². The molecule has 0 saturated carbocycles. The lowest BCUT2D eigenvalue weighted by Crippen LogP contribution is -2.12. The molecule has 0 fully saturated rings. The maximum atomic E-state index is 11.9. The highest BCUT2D eigenvalue weighted by Gasteiger charge is 2.05. The Morgan fingerprint density at radius 3 is 2.14 bits per heavy atom. The van der Waals surface area contributed by atoms with Crippen molar-refractivity contribution in [2.24, 2.45) is 0 Å². The van der Waals surface area contributed by atoms with Crippen molar-refractivity contribution in [3.8, 4) is 0 Å². The van der Waals surface area contributed by atoms with Crippen LogP contribution in [-0.4, -0.2) is 27.6 Å². The second kappa shape index (κ2) is 14.2. The van der Waals surface area contributed by atoms with Gasteiger partial charge in [-0.3, -0.25) is 0 Å².